The summed E-state index contributed by atoms with van der Waals surface area (Å²) >= 11 is 12.1. The fourth-order valence-corrected chi connectivity index (χ4v) is 5.78. The molecule has 0 saturated carbocycles. The van der Waals surface area contributed by atoms with Crippen LogP contribution in [0, 0.1) is 0 Å². The molecular formula is C24H27Cl2N5O3S. The minimum atomic E-state index is -3.85. The Morgan fingerprint density at radius 3 is 2.60 bits per heavy atom. The topological polar surface area (TPSA) is 85.3 Å². The number of sulfonamides is 1. The van der Waals surface area contributed by atoms with E-state index < -0.39 is 10.0 Å². The molecule has 4 rings (SSSR count). The Kier molecular flexibility index (Phi) is 8.01. The largest absolute Gasteiger partial charge is 0.368 e. The predicted octanol–water partition coefficient (Wildman–Crippen LogP) is 3.46. The fourth-order valence-electron chi connectivity index (χ4n) is 3.89. The smallest absolute Gasteiger partial charge is 0.324 e. The Morgan fingerprint density at radius 2 is 1.89 bits per heavy atom. The number of benzene rings is 2. The lowest BCUT2D eigenvalue weighted by molar-refractivity contribution is 0.167. The van der Waals surface area contributed by atoms with Crippen molar-refractivity contribution >= 4 is 45.1 Å². The molecule has 0 saturated heterocycles. The molecule has 0 aromatic heterocycles. The van der Waals surface area contributed by atoms with Crippen molar-refractivity contribution in [3.05, 3.63) is 75.9 Å². The van der Waals surface area contributed by atoms with Gasteiger partial charge in [-0.25, -0.2) is 13.2 Å². The summed E-state index contributed by atoms with van der Waals surface area (Å²) in [6.07, 6.45) is 4.32. The van der Waals surface area contributed by atoms with E-state index in [1.807, 2.05) is 18.2 Å². The van der Waals surface area contributed by atoms with E-state index in [0.29, 0.717) is 13.1 Å². The molecule has 0 bridgehead atoms. The van der Waals surface area contributed by atoms with Gasteiger partial charge in [-0.05, 0) is 30.2 Å². The third-order valence-corrected chi connectivity index (χ3v) is 8.79. The minimum absolute atomic E-state index is 0.0123. The number of hydrogen-bond donors (Lipinski definition) is 1. The first-order valence-electron chi connectivity index (χ1n) is 11.3. The quantitative estimate of drug-likeness (QED) is 0.532. The molecule has 0 fully saturated rings. The number of urea groups is 1. The first kappa shape index (κ1) is 25.5. The molecule has 2 aromatic carbocycles. The highest BCUT2D eigenvalue weighted by atomic mass is 35.5. The molecule has 0 radical (unpaired) electrons. The number of carbonyl (C=O) groups excluding carboxylic acids is 1. The van der Waals surface area contributed by atoms with Crippen LogP contribution in [0.3, 0.4) is 0 Å². The molecule has 8 nitrogen and oxygen atoms in total. The molecule has 2 aliphatic rings. The highest BCUT2D eigenvalue weighted by Crippen LogP contribution is 2.30. The van der Waals surface area contributed by atoms with Crippen LogP contribution in [0.5, 0.6) is 0 Å². The normalized spacial score (nSPS) is 16.1. The molecule has 0 spiro atoms. The molecule has 11 heteroatoms. The number of carbonyl (C=O) groups is 1. The predicted molar refractivity (Wildman–Crippen MR) is 139 cm³/mol. The summed E-state index contributed by atoms with van der Waals surface area (Å²) < 4.78 is 27.0. The molecule has 1 N–H and O–H groups in total. The van der Waals surface area contributed by atoms with E-state index in [2.05, 4.69) is 22.4 Å². The zero-order valence-electron chi connectivity index (χ0n) is 19.3. The highest BCUT2D eigenvalue weighted by molar-refractivity contribution is 7.89. The van der Waals surface area contributed by atoms with Crippen molar-refractivity contribution in [2.24, 2.45) is 4.99 Å². The van der Waals surface area contributed by atoms with Crippen LogP contribution in [-0.2, 0) is 16.4 Å². The van der Waals surface area contributed by atoms with E-state index in [-0.39, 0.29) is 34.1 Å². The summed E-state index contributed by atoms with van der Waals surface area (Å²) in [6, 6.07) is 12.5. The van der Waals surface area contributed by atoms with Gasteiger partial charge in [-0.3, -0.25) is 9.89 Å². The van der Waals surface area contributed by atoms with E-state index in [4.69, 9.17) is 23.2 Å². The fraction of sp³-hybridized carbons (Fsp3) is 0.333. The number of aliphatic imine (C=N–C) groups is 1. The van der Waals surface area contributed by atoms with Gasteiger partial charge >= 0.3 is 6.03 Å². The van der Waals surface area contributed by atoms with Crippen molar-refractivity contribution in [2.45, 2.75) is 11.3 Å². The third-order valence-electron chi connectivity index (χ3n) is 5.96. The van der Waals surface area contributed by atoms with Gasteiger partial charge < -0.3 is 10.2 Å². The van der Waals surface area contributed by atoms with Crippen molar-refractivity contribution in [1.29, 1.82) is 0 Å². The van der Waals surface area contributed by atoms with Crippen LogP contribution in [0.4, 0.5) is 4.79 Å². The van der Waals surface area contributed by atoms with E-state index in [9.17, 15) is 13.2 Å². The number of hydrogen-bond acceptors (Lipinski definition) is 5. The van der Waals surface area contributed by atoms with Gasteiger partial charge in [0.15, 0.2) is 0 Å². The van der Waals surface area contributed by atoms with Crippen molar-refractivity contribution in [3.8, 4) is 0 Å². The van der Waals surface area contributed by atoms with Crippen molar-refractivity contribution in [3.63, 3.8) is 0 Å². The Hall–Kier alpha value is -2.59. The SMILES string of the molecule is CN(CCN1C=CCN(CCc2ccc(C3=NCCN3)cc2)C1=O)S(=O)(=O)c1cccc(Cl)c1Cl. The van der Waals surface area contributed by atoms with Crippen molar-refractivity contribution < 1.29 is 13.2 Å². The summed E-state index contributed by atoms with van der Waals surface area (Å²) in [6.45, 7) is 3.06. The maximum atomic E-state index is 13.0. The van der Waals surface area contributed by atoms with Crippen LogP contribution in [0.1, 0.15) is 11.1 Å². The van der Waals surface area contributed by atoms with Crippen LogP contribution >= 0.6 is 23.2 Å². The summed E-state index contributed by atoms with van der Waals surface area (Å²) in [5, 5.41) is 3.42. The average Bonchev–Trinajstić information content (AvgIpc) is 3.39. The highest BCUT2D eigenvalue weighted by Gasteiger charge is 2.27. The van der Waals surface area contributed by atoms with Crippen LogP contribution < -0.4 is 5.32 Å². The van der Waals surface area contributed by atoms with Gasteiger partial charge in [0.2, 0.25) is 10.0 Å². The second kappa shape index (κ2) is 11.0. The Bertz CT molecular complexity index is 1250. The molecule has 2 aliphatic heterocycles. The van der Waals surface area contributed by atoms with Crippen LogP contribution in [0.15, 0.2) is 64.6 Å². The number of halogens is 2. The Morgan fingerprint density at radius 1 is 1.11 bits per heavy atom. The Labute approximate surface area is 215 Å². The minimum Gasteiger partial charge on any atom is -0.368 e. The first-order valence-corrected chi connectivity index (χ1v) is 13.5. The number of nitrogens with zero attached hydrogens (tertiary/aromatic N) is 4. The van der Waals surface area contributed by atoms with Gasteiger partial charge in [0, 0.05) is 51.5 Å². The number of likely N-dealkylation sites (N-methyl/N-ethyl adjacent to an activating group) is 1. The number of amides is 2. The van der Waals surface area contributed by atoms with Crippen LogP contribution in [0.2, 0.25) is 10.0 Å². The number of amidine groups is 1. The van der Waals surface area contributed by atoms with Gasteiger partial charge in [0.25, 0.3) is 0 Å². The summed E-state index contributed by atoms with van der Waals surface area (Å²) in [5.74, 6) is 0.924. The van der Waals surface area contributed by atoms with Gasteiger partial charge in [-0.2, -0.15) is 4.31 Å². The van der Waals surface area contributed by atoms with E-state index in [0.717, 1.165) is 36.5 Å². The van der Waals surface area contributed by atoms with E-state index >= 15 is 0 Å². The number of nitrogens with one attached hydrogen (secondary N) is 1. The molecule has 2 heterocycles. The van der Waals surface area contributed by atoms with Crippen molar-refractivity contribution in [1.82, 2.24) is 19.4 Å². The molecule has 0 aliphatic carbocycles. The summed E-state index contributed by atoms with van der Waals surface area (Å²) in [4.78, 5) is 20.6. The summed E-state index contributed by atoms with van der Waals surface area (Å²) in [7, 11) is -2.39. The average molecular weight is 536 g/mol. The maximum absolute atomic E-state index is 13.0. The van der Waals surface area contributed by atoms with Gasteiger partial charge in [0.1, 0.15) is 10.7 Å². The second-order valence-corrected chi connectivity index (χ2v) is 11.1. The third kappa shape index (κ3) is 5.81. The number of rotatable bonds is 9. The lowest BCUT2D eigenvalue weighted by Crippen LogP contribution is -2.47. The summed E-state index contributed by atoms with van der Waals surface area (Å²) in [5.41, 5.74) is 2.19. The Balaban J connectivity index is 1.32. The van der Waals surface area contributed by atoms with Gasteiger partial charge in [0.05, 0.1) is 16.6 Å². The van der Waals surface area contributed by atoms with E-state index in [1.165, 1.54) is 34.5 Å². The van der Waals surface area contributed by atoms with Crippen molar-refractivity contribution in [2.75, 3.05) is 46.3 Å². The van der Waals surface area contributed by atoms with E-state index in [1.54, 1.807) is 11.1 Å². The second-order valence-electron chi connectivity index (χ2n) is 8.29. The molecule has 2 amide bonds. The molecule has 2 aromatic rings. The molecule has 0 atom stereocenters. The molecule has 186 valence electrons. The van der Waals surface area contributed by atoms with Crippen LogP contribution in [0.25, 0.3) is 0 Å². The zero-order chi connectivity index (χ0) is 25.0. The lowest BCUT2D eigenvalue weighted by Gasteiger charge is -2.32. The van der Waals surface area contributed by atoms with Gasteiger partial charge in [-0.1, -0.05) is 53.5 Å². The lowest BCUT2D eigenvalue weighted by atomic mass is 10.1. The zero-order valence-corrected chi connectivity index (χ0v) is 21.7. The monoisotopic (exact) mass is 535 g/mol. The maximum Gasteiger partial charge on any atom is 0.324 e. The molecule has 0 unspecified atom stereocenters. The van der Waals surface area contributed by atoms with Crippen LogP contribution in [-0.4, -0.2) is 80.7 Å². The standard InChI is InChI=1S/C24H27Cl2N5O3S/c1-29(35(33,34)21-5-2-4-20(25)22(21)26)16-17-31-14-3-13-30(24(31)32)15-10-18-6-8-19(9-7-18)23-27-11-12-28-23/h2-9,14H,10-13,15-17H2,1H3,(H,27,28). The first-order chi connectivity index (χ1) is 16.8. The van der Waals surface area contributed by atoms with Gasteiger partial charge in [-0.15, -0.1) is 0 Å². The molecule has 35 heavy (non-hydrogen) atoms. The molecular weight excluding hydrogens is 509 g/mol.